The summed E-state index contributed by atoms with van der Waals surface area (Å²) in [6, 6.07) is 74.3. The molecule has 0 spiro atoms. The summed E-state index contributed by atoms with van der Waals surface area (Å²) in [5, 5.41) is 7.65. The second kappa shape index (κ2) is 15.0. The highest BCUT2D eigenvalue weighted by Gasteiger charge is 2.41. The lowest BCUT2D eigenvalue weighted by Crippen LogP contribution is -1.98. The van der Waals surface area contributed by atoms with Crippen LogP contribution in [0.3, 0.4) is 0 Å². The van der Waals surface area contributed by atoms with Crippen LogP contribution < -0.4 is 0 Å². The summed E-state index contributed by atoms with van der Waals surface area (Å²) in [6.07, 6.45) is 16.8. The van der Waals surface area contributed by atoms with Gasteiger partial charge in [0.1, 0.15) is 0 Å². The Bertz CT molecular complexity index is 4100. The maximum absolute atomic E-state index is 2.56. The number of benzene rings is 10. The fourth-order valence-electron chi connectivity index (χ4n) is 12.4. The monoisotopic (exact) mass is 872 g/mol. The lowest BCUT2D eigenvalue weighted by molar-refractivity contribution is 1.30. The van der Waals surface area contributed by atoms with Crippen molar-refractivity contribution in [1.29, 1.82) is 0 Å². The van der Waals surface area contributed by atoms with Gasteiger partial charge in [-0.15, -0.1) is 0 Å². The van der Waals surface area contributed by atoms with Crippen molar-refractivity contribution >= 4 is 78.4 Å². The lowest BCUT2D eigenvalue weighted by Gasteiger charge is -2.20. The summed E-state index contributed by atoms with van der Waals surface area (Å²) in [5.74, 6) is 0. The number of rotatable bonds is 6. The average molecular weight is 873 g/mol. The highest BCUT2D eigenvalue weighted by molar-refractivity contribution is 6.39. The van der Waals surface area contributed by atoms with Crippen molar-refractivity contribution in [2.45, 2.75) is 19.3 Å². The topological polar surface area (TPSA) is 0 Å². The van der Waals surface area contributed by atoms with Gasteiger partial charge < -0.3 is 0 Å². The van der Waals surface area contributed by atoms with E-state index < -0.39 is 0 Å². The van der Waals surface area contributed by atoms with Crippen LogP contribution >= 0.6 is 0 Å². The molecule has 0 heterocycles. The molecule has 0 atom stereocenters. The quantitative estimate of drug-likeness (QED) is 0.146. The molecule has 0 saturated heterocycles. The van der Waals surface area contributed by atoms with Crippen molar-refractivity contribution in [3.63, 3.8) is 0 Å². The second-order valence-corrected chi connectivity index (χ2v) is 19.4. The predicted molar refractivity (Wildman–Crippen MR) is 293 cm³/mol. The van der Waals surface area contributed by atoms with E-state index in [0.717, 1.165) is 19.3 Å². The number of hydrogen-bond acceptors (Lipinski definition) is 0. The first kappa shape index (κ1) is 38.5. The second-order valence-electron chi connectivity index (χ2n) is 19.4. The summed E-state index contributed by atoms with van der Waals surface area (Å²) in [7, 11) is 0. The predicted octanol–water partition coefficient (Wildman–Crippen LogP) is 17.5. The third-order valence-corrected chi connectivity index (χ3v) is 15.6. The van der Waals surface area contributed by atoms with Crippen LogP contribution in [0.2, 0.25) is 0 Å². The minimum absolute atomic E-state index is 0.977. The molecule has 0 heteroatoms. The molecule has 0 aliphatic heterocycles. The summed E-state index contributed by atoms with van der Waals surface area (Å²) in [5.41, 5.74) is 28.4. The Morgan fingerprint density at radius 3 is 1.30 bits per heavy atom. The fraction of sp³-hybridized carbons (Fsp3) is 0.0435. The lowest BCUT2D eigenvalue weighted by atomic mass is 9.83. The largest absolute Gasteiger partial charge is 0.0795 e. The van der Waals surface area contributed by atoms with Crippen molar-refractivity contribution in [1.82, 2.24) is 0 Å². The molecule has 0 saturated carbocycles. The molecule has 0 nitrogen and oxygen atoms in total. The molecule has 0 N–H and O–H groups in total. The van der Waals surface area contributed by atoms with Gasteiger partial charge in [0.2, 0.25) is 0 Å². The van der Waals surface area contributed by atoms with Gasteiger partial charge in [-0.1, -0.05) is 194 Å². The molecule has 69 heavy (non-hydrogen) atoms. The van der Waals surface area contributed by atoms with Crippen LogP contribution in [0.15, 0.2) is 218 Å². The van der Waals surface area contributed by atoms with Crippen molar-refractivity contribution < 1.29 is 0 Å². The zero-order valence-corrected chi connectivity index (χ0v) is 38.1. The van der Waals surface area contributed by atoms with Crippen molar-refractivity contribution in [2.75, 3.05) is 0 Å². The van der Waals surface area contributed by atoms with E-state index in [-0.39, 0.29) is 0 Å². The van der Waals surface area contributed by atoms with Crippen LogP contribution in [0, 0.1) is 0 Å². The average Bonchev–Trinajstić information content (AvgIpc) is 4.27. The van der Waals surface area contributed by atoms with Gasteiger partial charge in [-0.05, 0) is 210 Å². The highest BCUT2D eigenvalue weighted by atomic mass is 14.4. The molecule has 0 unspecified atom stereocenters. The van der Waals surface area contributed by atoms with E-state index in [0.29, 0.717) is 0 Å². The van der Waals surface area contributed by atoms with Crippen LogP contribution in [0.1, 0.15) is 66.8 Å². The standard InChI is InChI=1S/C69H44/c1-3-12-45(13-4-1)60-40-62-63(41-61(60)52-28-27-47-33-34-57-56-23-8-7-14-46(56)32-35-58(57)59(47)39-52)68-65(48-15-5-2-6-16-48)66(54-30-25-43-18-10-21-50(43)37-54)67(55-31-26-44-19-11-22-51(44)38-55)69(68)64(62)53-29-24-42-17-9-20-49(42)36-53/h1-16,20-41H,17-19H2. The molecule has 5 aliphatic rings. The third kappa shape index (κ3) is 5.89. The highest BCUT2D eigenvalue weighted by Crippen LogP contribution is 2.63. The van der Waals surface area contributed by atoms with Crippen LogP contribution in [-0.2, 0) is 19.3 Å². The summed E-state index contributed by atoms with van der Waals surface area (Å²) in [6.45, 7) is 0. The van der Waals surface area contributed by atoms with Crippen LogP contribution in [0.5, 0.6) is 0 Å². The Morgan fingerprint density at radius 1 is 0.232 bits per heavy atom. The molecular weight excluding hydrogens is 829 g/mol. The van der Waals surface area contributed by atoms with Crippen LogP contribution in [-0.4, -0.2) is 0 Å². The minimum atomic E-state index is 0.977. The molecule has 10 aromatic rings. The van der Waals surface area contributed by atoms with Gasteiger partial charge in [0.25, 0.3) is 0 Å². The Hall–Kier alpha value is -8.58. The molecule has 10 aromatic carbocycles. The number of hydrogen-bond donors (Lipinski definition) is 0. The van der Waals surface area contributed by atoms with E-state index in [9.17, 15) is 0 Å². The van der Waals surface area contributed by atoms with E-state index in [2.05, 4.69) is 231 Å². The normalized spacial score (nSPS) is 15.0. The van der Waals surface area contributed by atoms with E-state index in [1.165, 1.54) is 155 Å². The summed E-state index contributed by atoms with van der Waals surface area (Å²) >= 11 is 0. The molecule has 0 bridgehead atoms. The smallest absolute Gasteiger partial charge is 0.000137 e. The Balaban J connectivity index is 1.08. The summed E-state index contributed by atoms with van der Waals surface area (Å²) < 4.78 is 0. The molecule has 0 aromatic heterocycles. The Labute approximate surface area is 402 Å². The first-order valence-corrected chi connectivity index (χ1v) is 24.5. The SMILES string of the molecule is C1=Cc2cc(C3=C(c4ccc5c(c4)C=CC5)C(c4ccccc4)=C4C3=C(c3ccc5c(c3)C=CC5)c3cc(-c5ccccc5)c(-c5ccc6ccc7c8ccccc8ccc7c6c5)cc34)ccc2C1. The molecule has 320 valence electrons. The van der Waals surface area contributed by atoms with Gasteiger partial charge >= 0.3 is 0 Å². The van der Waals surface area contributed by atoms with Gasteiger partial charge in [0.15, 0.2) is 0 Å². The molecular formula is C69H44. The van der Waals surface area contributed by atoms with Gasteiger partial charge in [-0.25, -0.2) is 0 Å². The molecule has 0 radical (unpaired) electrons. The first-order valence-electron chi connectivity index (χ1n) is 24.5. The Morgan fingerprint density at radius 2 is 0.681 bits per heavy atom. The Kier molecular flexibility index (Phi) is 8.35. The van der Waals surface area contributed by atoms with Gasteiger partial charge in [-0.3, -0.25) is 0 Å². The molecule has 0 amide bonds. The zero-order chi connectivity index (χ0) is 45.2. The van der Waals surface area contributed by atoms with E-state index >= 15 is 0 Å². The minimum Gasteiger partial charge on any atom is -0.0795 e. The fourth-order valence-corrected chi connectivity index (χ4v) is 12.4. The van der Waals surface area contributed by atoms with E-state index in [4.69, 9.17) is 0 Å². The van der Waals surface area contributed by atoms with Crippen LogP contribution in [0.4, 0.5) is 0 Å². The van der Waals surface area contributed by atoms with E-state index in [1.807, 2.05) is 0 Å². The van der Waals surface area contributed by atoms with Crippen molar-refractivity contribution in [3.05, 3.63) is 285 Å². The molecule has 15 rings (SSSR count). The number of fused-ring (bicyclic) bond motifs is 11. The van der Waals surface area contributed by atoms with Crippen molar-refractivity contribution in [2.24, 2.45) is 0 Å². The van der Waals surface area contributed by atoms with Gasteiger partial charge in [0.05, 0.1) is 0 Å². The maximum Gasteiger partial charge on any atom is -0.000137 e. The van der Waals surface area contributed by atoms with Crippen LogP contribution in [0.25, 0.3) is 101 Å². The van der Waals surface area contributed by atoms with Gasteiger partial charge in [-0.2, -0.15) is 0 Å². The number of allylic oxidation sites excluding steroid dienone is 8. The third-order valence-electron chi connectivity index (χ3n) is 15.6. The van der Waals surface area contributed by atoms with Gasteiger partial charge in [0, 0.05) is 0 Å². The first-order chi connectivity index (χ1) is 34.2. The van der Waals surface area contributed by atoms with Crippen molar-refractivity contribution in [3.8, 4) is 22.3 Å². The molecule has 0 fully saturated rings. The maximum atomic E-state index is 2.56. The van der Waals surface area contributed by atoms with E-state index in [1.54, 1.807) is 0 Å². The zero-order valence-electron chi connectivity index (χ0n) is 38.1. The molecule has 5 aliphatic carbocycles. The summed E-state index contributed by atoms with van der Waals surface area (Å²) in [4.78, 5) is 0.